The van der Waals surface area contributed by atoms with Crippen LogP contribution >= 0.6 is 0 Å². The fraction of sp³-hybridized carbons (Fsp3) is 0.471. The average Bonchev–Trinajstić information content (AvgIpc) is 2.85. The third-order valence-corrected chi connectivity index (χ3v) is 3.53. The Balaban J connectivity index is 2.11. The van der Waals surface area contributed by atoms with Crippen molar-refractivity contribution in [3.05, 3.63) is 47.3 Å². The monoisotopic (exact) mass is 271 g/mol. The number of rotatable bonds is 4. The van der Waals surface area contributed by atoms with Crippen molar-refractivity contribution in [2.24, 2.45) is 0 Å². The van der Waals surface area contributed by atoms with E-state index < -0.39 is 0 Å². The summed E-state index contributed by atoms with van der Waals surface area (Å²) in [5.74, 6) is 0. The molecule has 0 radical (unpaired) electrons. The van der Waals surface area contributed by atoms with E-state index in [2.05, 4.69) is 69.4 Å². The summed E-state index contributed by atoms with van der Waals surface area (Å²) >= 11 is 0. The van der Waals surface area contributed by atoms with E-state index in [9.17, 15) is 0 Å². The second-order valence-electron chi connectivity index (χ2n) is 6.28. The highest BCUT2D eigenvalue weighted by atomic mass is 15.3. The number of hydrogen-bond donors (Lipinski definition) is 1. The van der Waals surface area contributed by atoms with Gasteiger partial charge in [-0.15, -0.1) is 0 Å². The molecule has 0 amide bonds. The van der Waals surface area contributed by atoms with Crippen LogP contribution in [0.2, 0.25) is 0 Å². The first-order valence-electron chi connectivity index (χ1n) is 7.28. The summed E-state index contributed by atoms with van der Waals surface area (Å²) < 4.78 is 2.02. The van der Waals surface area contributed by atoms with Crippen molar-refractivity contribution in [2.45, 2.75) is 53.1 Å². The maximum atomic E-state index is 4.44. The van der Waals surface area contributed by atoms with Crippen LogP contribution in [0.3, 0.4) is 0 Å². The smallest absolute Gasteiger partial charge is 0.0543 e. The van der Waals surface area contributed by atoms with E-state index in [4.69, 9.17) is 0 Å². The highest BCUT2D eigenvalue weighted by molar-refractivity contribution is 5.57. The Kier molecular flexibility index (Phi) is 4.17. The molecule has 0 fully saturated rings. The molecule has 3 nitrogen and oxygen atoms in total. The number of anilines is 1. The summed E-state index contributed by atoms with van der Waals surface area (Å²) in [6.07, 6.45) is 5.12. The molecule has 0 aliphatic heterocycles. The van der Waals surface area contributed by atoms with Crippen molar-refractivity contribution >= 4 is 5.69 Å². The van der Waals surface area contributed by atoms with Crippen LogP contribution in [0.4, 0.5) is 5.69 Å². The van der Waals surface area contributed by atoms with Crippen LogP contribution in [0, 0.1) is 6.92 Å². The maximum Gasteiger partial charge on any atom is 0.0543 e. The van der Waals surface area contributed by atoms with Gasteiger partial charge in [0.2, 0.25) is 0 Å². The Hall–Kier alpha value is -1.77. The van der Waals surface area contributed by atoms with Gasteiger partial charge in [-0.05, 0) is 45.2 Å². The Bertz CT molecular complexity index is 576. The molecule has 1 heterocycles. The molecule has 0 aliphatic carbocycles. The first kappa shape index (κ1) is 14.6. The lowest BCUT2D eigenvalue weighted by molar-refractivity contribution is 0.355. The van der Waals surface area contributed by atoms with Gasteiger partial charge in [-0.25, -0.2) is 0 Å². The molecule has 1 aromatic heterocycles. The van der Waals surface area contributed by atoms with Gasteiger partial charge in [0, 0.05) is 24.0 Å². The van der Waals surface area contributed by atoms with E-state index in [1.165, 1.54) is 22.4 Å². The van der Waals surface area contributed by atoms with Crippen molar-refractivity contribution < 1.29 is 0 Å². The number of aromatic nitrogens is 2. The molecule has 2 aromatic rings. The van der Waals surface area contributed by atoms with E-state index in [1.54, 1.807) is 0 Å². The Morgan fingerprint density at radius 2 is 2.00 bits per heavy atom. The minimum atomic E-state index is 0.0372. The summed E-state index contributed by atoms with van der Waals surface area (Å²) in [6.45, 7) is 11.6. The third-order valence-electron chi connectivity index (χ3n) is 3.53. The molecule has 0 spiro atoms. The van der Waals surface area contributed by atoms with Gasteiger partial charge in [-0.2, -0.15) is 5.10 Å². The number of nitrogens with zero attached hydrogens (tertiary/aromatic N) is 2. The Morgan fingerprint density at radius 3 is 2.60 bits per heavy atom. The van der Waals surface area contributed by atoms with E-state index in [-0.39, 0.29) is 5.54 Å². The first-order valence-corrected chi connectivity index (χ1v) is 7.28. The summed E-state index contributed by atoms with van der Waals surface area (Å²) in [5.41, 5.74) is 5.18. The summed E-state index contributed by atoms with van der Waals surface area (Å²) in [4.78, 5) is 0. The molecule has 0 bridgehead atoms. The molecule has 0 saturated carbocycles. The van der Waals surface area contributed by atoms with Gasteiger partial charge >= 0.3 is 0 Å². The molecule has 0 unspecified atom stereocenters. The second-order valence-corrected chi connectivity index (χ2v) is 6.28. The van der Waals surface area contributed by atoms with Gasteiger partial charge in [0.15, 0.2) is 0 Å². The van der Waals surface area contributed by atoms with Crippen LogP contribution in [-0.4, -0.2) is 9.78 Å². The van der Waals surface area contributed by atoms with Gasteiger partial charge in [0.25, 0.3) is 0 Å². The molecule has 1 N–H and O–H groups in total. The van der Waals surface area contributed by atoms with Crippen LogP contribution in [-0.2, 0) is 18.5 Å². The van der Waals surface area contributed by atoms with Crippen molar-refractivity contribution in [3.63, 3.8) is 0 Å². The molecule has 0 saturated heterocycles. The predicted octanol–water partition coefficient (Wildman–Crippen LogP) is 4.12. The molecule has 3 heteroatoms. The maximum absolute atomic E-state index is 4.44. The van der Waals surface area contributed by atoms with Crippen LogP contribution in [0.1, 0.15) is 44.4 Å². The van der Waals surface area contributed by atoms with Crippen molar-refractivity contribution in [3.8, 4) is 0 Å². The van der Waals surface area contributed by atoms with Crippen LogP contribution in [0.15, 0.2) is 30.6 Å². The van der Waals surface area contributed by atoms with E-state index in [0.29, 0.717) is 0 Å². The fourth-order valence-electron chi connectivity index (χ4n) is 2.28. The molecule has 0 atom stereocenters. The molecular weight excluding hydrogens is 246 g/mol. The zero-order chi connectivity index (χ0) is 14.8. The molecule has 20 heavy (non-hydrogen) atoms. The van der Waals surface area contributed by atoms with Gasteiger partial charge in [0.05, 0.1) is 11.7 Å². The van der Waals surface area contributed by atoms with E-state index >= 15 is 0 Å². The normalized spacial score (nSPS) is 11.7. The average molecular weight is 271 g/mol. The van der Waals surface area contributed by atoms with Gasteiger partial charge < -0.3 is 5.32 Å². The zero-order valence-electron chi connectivity index (χ0n) is 13.2. The minimum Gasteiger partial charge on any atom is -0.380 e. The van der Waals surface area contributed by atoms with E-state index in [1.807, 2.05) is 10.9 Å². The third kappa shape index (κ3) is 3.21. The highest BCUT2D eigenvalue weighted by Gasteiger charge is 2.14. The summed E-state index contributed by atoms with van der Waals surface area (Å²) in [6, 6.07) is 6.46. The second kappa shape index (κ2) is 5.70. The Labute approximate surface area is 122 Å². The fourth-order valence-corrected chi connectivity index (χ4v) is 2.28. The zero-order valence-corrected chi connectivity index (χ0v) is 13.2. The molecule has 2 rings (SSSR count). The quantitative estimate of drug-likeness (QED) is 0.906. The lowest BCUT2D eigenvalue weighted by Crippen LogP contribution is -2.22. The summed E-state index contributed by atoms with van der Waals surface area (Å²) in [7, 11) is 0. The van der Waals surface area contributed by atoms with Crippen molar-refractivity contribution in [1.82, 2.24) is 9.78 Å². The van der Waals surface area contributed by atoms with Gasteiger partial charge in [0.1, 0.15) is 0 Å². The lowest BCUT2D eigenvalue weighted by Gasteiger charge is -2.18. The van der Waals surface area contributed by atoms with Crippen LogP contribution in [0.5, 0.6) is 0 Å². The minimum absolute atomic E-state index is 0.0372. The SMILES string of the molecule is CCc1cccc(C)c1NCc1cnn(C(C)(C)C)c1. The first-order chi connectivity index (χ1) is 9.41. The number of hydrogen-bond acceptors (Lipinski definition) is 2. The summed E-state index contributed by atoms with van der Waals surface area (Å²) in [5, 5.41) is 8.00. The van der Waals surface area contributed by atoms with Crippen molar-refractivity contribution in [1.29, 1.82) is 0 Å². The largest absolute Gasteiger partial charge is 0.380 e. The number of aryl methyl sites for hydroxylation is 2. The molecule has 1 aromatic carbocycles. The topological polar surface area (TPSA) is 29.9 Å². The number of benzene rings is 1. The Morgan fingerprint density at radius 1 is 1.25 bits per heavy atom. The highest BCUT2D eigenvalue weighted by Crippen LogP contribution is 2.22. The molecular formula is C17H25N3. The van der Waals surface area contributed by atoms with E-state index in [0.717, 1.165) is 13.0 Å². The standard InChI is InChI=1S/C17H25N3/c1-6-15-9-7-8-13(2)16(15)18-10-14-11-19-20(12-14)17(3,4)5/h7-9,11-12,18H,6,10H2,1-5H3. The van der Waals surface area contributed by atoms with Gasteiger partial charge in [-0.1, -0.05) is 25.1 Å². The van der Waals surface area contributed by atoms with Crippen LogP contribution < -0.4 is 5.32 Å². The number of para-hydroxylation sites is 1. The number of nitrogens with one attached hydrogen (secondary N) is 1. The van der Waals surface area contributed by atoms with Gasteiger partial charge in [-0.3, -0.25) is 4.68 Å². The molecule has 108 valence electrons. The van der Waals surface area contributed by atoms with Crippen molar-refractivity contribution in [2.75, 3.05) is 5.32 Å². The van der Waals surface area contributed by atoms with Crippen LogP contribution in [0.25, 0.3) is 0 Å². The predicted molar refractivity (Wildman–Crippen MR) is 85.1 cm³/mol. The molecule has 0 aliphatic rings. The lowest BCUT2D eigenvalue weighted by atomic mass is 10.1.